The molecule has 8 heteroatoms. The van der Waals surface area contributed by atoms with Gasteiger partial charge in [0.25, 0.3) is 5.56 Å². The number of carbonyl (C=O) groups is 1. The highest BCUT2D eigenvalue weighted by atomic mass is 16.2. The molecule has 8 nitrogen and oxygen atoms in total. The highest BCUT2D eigenvalue weighted by Gasteiger charge is 2.19. The van der Waals surface area contributed by atoms with Crippen molar-refractivity contribution in [3.05, 3.63) is 26.7 Å². The van der Waals surface area contributed by atoms with Crippen LogP contribution in [0.1, 0.15) is 84.9 Å². The largest absolute Gasteiger partial charge is 0.353 e. The number of fused-ring (bicyclic) bond motifs is 1. The Balaban J connectivity index is 2.39. The first kappa shape index (κ1) is 23.9. The summed E-state index contributed by atoms with van der Waals surface area (Å²) in [5, 5.41) is 3.05. The van der Waals surface area contributed by atoms with Crippen molar-refractivity contribution >= 4 is 17.1 Å². The first-order valence-electron chi connectivity index (χ1n) is 11.5. The smallest absolute Gasteiger partial charge is 0.330 e. The zero-order valence-corrected chi connectivity index (χ0v) is 18.9. The topological polar surface area (TPSA) is 102 Å². The second-order valence-electron chi connectivity index (χ2n) is 7.90. The number of H-pyrrole nitrogens is 1. The third kappa shape index (κ3) is 5.83. The lowest BCUT2D eigenvalue weighted by Crippen LogP contribution is -2.34. The Morgan fingerprint density at radius 3 is 2.30 bits per heavy atom. The molecule has 0 unspecified atom stereocenters. The molecule has 0 spiro atoms. The van der Waals surface area contributed by atoms with Crippen LogP contribution in [-0.2, 0) is 24.3 Å². The maximum atomic E-state index is 12.6. The third-order valence-corrected chi connectivity index (χ3v) is 5.61. The summed E-state index contributed by atoms with van der Waals surface area (Å²) < 4.78 is 3.47. The van der Waals surface area contributed by atoms with E-state index < -0.39 is 11.2 Å². The monoisotopic (exact) mass is 419 g/mol. The normalized spacial score (nSPS) is 11.5. The van der Waals surface area contributed by atoms with Gasteiger partial charge in [-0.15, -0.1) is 0 Å². The van der Waals surface area contributed by atoms with Gasteiger partial charge in [-0.2, -0.15) is 0 Å². The summed E-state index contributed by atoms with van der Waals surface area (Å²) in [4.78, 5) is 44.6. The fraction of sp³-hybridized carbons (Fsp3) is 0.727. The van der Waals surface area contributed by atoms with Gasteiger partial charge in [0, 0.05) is 32.0 Å². The Hall–Kier alpha value is -2.38. The number of amides is 1. The molecular formula is C22H37N5O3. The number of carbonyl (C=O) groups excluding carboxylic acids is 1. The van der Waals surface area contributed by atoms with E-state index in [-0.39, 0.29) is 11.9 Å². The number of aromatic nitrogens is 4. The number of unbranched alkanes of at least 4 members (excludes halogenated alkanes) is 3. The van der Waals surface area contributed by atoms with Gasteiger partial charge < -0.3 is 9.88 Å². The van der Waals surface area contributed by atoms with Crippen molar-refractivity contribution in [2.24, 2.45) is 0 Å². The van der Waals surface area contributed by atoms with Crippen LogP contribution in [0, 0.1) is 0 Å². The molecule has 0 bridgehead atoms. The highest BCUT2D eigenvalue weighted by Crippen LogP contribution is 2.15. The van der Waals surface area contributed by atoms with Gasteiger partial charge in [-0.1, -0.05) is 47.0 Å². The molecule has 2 aromatic rings. The van der Waals surface area contributed by atoms with Crippen LogP contribution >= 0.6 is 0 Å². The lowest BCUT2D eigenvalue weighted by molar-refractivity contribution is -0.121. The van der Waals surface area contributed by atoms with E-state index in [1.54, 1.807) is 4.57 Å². The van der Waals surface area contributed by atoms with Crippen LogP contribution in [0.5, 0.6) is 0 Å². The van der Waals surface area contributed by atoms with Crippen molar-refractivity contribution in [2.45, 2.75) is 105 Å². The highest BCUT2D eigenvalue weighted by molar-refractivity contribution is 5.77. The van der Waals surface area contributed by atoms with Gasteiger partial charge in [0.2, 0.25) is 5.91 Å². The second kappa shape index (κ2) is 11.7. The molecule has 0 radical (unpaired) electrons. The van der Waals surface area contributed by atoms with Gasteiger partial charge in [-0.25, -0.2) is 9.78 Å². The van der Waals surface area contributed by atoms with Crippen molar-refractivity contribution < 1.29 is 4.79 Å². The molecule has 0 aliphatic heterocycles. The quantitative estimate of drug-likeness (QED) is 0.487. The molecule has 2 rings (SSSR count). The zero-order chi connectivity index (χ0) is 22.1. The molecule has 0 aliphatic carbocycles. The minimum absolute atomic E-state index is 0.00635. The summed E-state index contributed by atoms with van der Waals surface area (Å²) in [6, 6.07) is 0.183. The summed E-state index contributed by atoms with van der Waals surface area (Å²) in [6.45, 7) is 9.48. The predicted molar refractivity (Wildman–Crippen MR) is 120 cm³/mol. The van der Waals surface area contributed by atoms with Gasteiger partial charge >= 0.3 is 5.69 Å². The summed E-state index contributed by atoms with van der Waals surface area (Å²) in [5.74, 6) is 0.690. The number of hydrogen-bond donors (Lipinski definition) is 2. The maximum Gasteiger partial charge on any atom is 0.330 e. The number of nitrogens with zero attached hydrogens (tertiary/aromatic N) is 3. The van der Waals surface area contributed by atoms with E-state index in [0.717, 1.165) is 44.9 Å². The van der Waals surface area contributed by atoms with E-state index in [2.05, 4.69) is 43.0 Å². The van der Waals surface area contributed by atoms with Crippen LogP contribution < -0.4 is 16.6 Å². The van der Waals surface area contributed by atoms with Crippen LogP contribution in [0.2, 0.25) is 0 Å². The standard InChI is InChI=1S/C22H37N5O3/c1-5-9-11-15-26-17(12-13-18(28)23-16(7-3)8-4)24-20-19(26)21(29)25-22(30)27(20)14-10-6-2/h16H,5-15H2,1-4H3,(H,23,28)(H,25,29,30). The zero-order valence-electron chi connectivity index (χ0n) is 18.9. The minimum atomic E-state index is -0.419. The number of nitrogens with one attached hydrogen (secondary N) is 2. The Bertz CT molecular complexity index is 937. The first-order chi connectivity index (χ1) is 14.5. The van der Waals surface area contributed by atoms with Crippen molar-refractivity contribution in [1.29, 1.82) is 0 Å². The predicted octanol–water partition coefficient (Wildman–Crippen LogP) is 3.11. The Morgan fingerprint density at radius 1 is 1.00 bits per heavy atom. The Morgan fingerprint density at radius 2 is 1.67 bits per heavy atom. The number of aryl methyl sites for hydroxylation is 3. The molecular weight excluding hydrogens is 382 g/mol. The number of hydrogen-bond acceptors (Lipinski definition) is 4. The fourth-order valence-electron chi connectivity index (χ4n) is 3.71. The van der Waals surface area contributed by atoms with Crippen LogP contribution in [-0.4, -0.2) is 31.1 Å². The van der Waals surface area contributed by atoms with Crippen molar-refractivity contribution in [3.8, 4) is 0 Å². The molecule has 2 heterocycles. The molecule has 0 atom stereocenters. The van der Waals surface area contributed by atoms with Crippen LogP contribution in [0.25, 0.3) is 11.2 Å². The van der Waals surface area contributed by atoms with Crippen LogP contribution in [0.15, 0.2) is 9.59 Å². The Labute approximate surface area is 178 Å². The van der Waals surface area contributed by atoms with Crippen molar-refractivity contribution in [1.82, 2.24) is 24.4 Å². The van der Waals surface area contributed by atoms with Gasteiger partial charge in [-0.05, 0) is 25.7 Å². The number of aromatic amines is 1. The third-order valence-electron chi connectivity index (χ3n) is 5.61. The SMILES string of the molecule is CCCCCn1c(CCC(=O)NC(CC)CC)nc2c1c(=O)[nH]c(=O)n2CCCC. The van der Waals surface area contributed by atoms with E-state index >= 15 is 0 Å². The molecule has 0 saturated carbocycles. The van der Waals surface area contributed by atoms with E-state index in [9.17, 15) is 14.4 Å². The lowest BCUT2D eigenvalue weighted by atomic mass is 10.1. The molecule has 2 aromatic heterocycles. The molecule has 0 aliphatic rings. The van der Waals surface area contributed by atoms with E-state index in [1.165, 1.54) is 0 Å². The average Bonchev–Trinajstić information content (AvgIpc) is 3.09. The van der Waals surface area contributed by atoms with Gasteiger partial charge in [0.05, 0.1) is 0 Å². The Kier molecular flexibility index (Phi) is 9.33. The van der Waals surface area contributed by atoms with Crippen molar-refractivity contribution in [2.75, 3.05) is 0 Å². The van der Waals surface area contributed by atoms with Crippen LogP contribution in [0.3, 0.4) is 0 Å². The summed E-state index contributed by atoms with van der Waals surface area (Å²) >= 11 is 0. The average molecular weight is 420 g/mol. The maximum absolute atomic E-state index is 12.6. The first-order valence-corrected chi connectivity index (χ1v) is 11.5. The van der Waals surface area contributed by atoms with E-state index in [0.29, 0.717) is 42.9 Å². The lowest BCUT2D eigenvalue weighted by Gasteiger charge is -2.14. The molecule has 0 saturated heterocycles. The van der Waals surface area contributed by atoms with E-state index in [1.807, 2.05) is 4.57 Å². The minimum Gasteiger partial charge on any atom is -0.353 e. The number of rotatable bonds is 13. The molecule has 0 fully saturated rings. The van der Waals surface area contributed by atoms with E-state index in [4.69, 9.17) is 0 Å². The molecule has 2 N–H and O–H groups in total. The fourth-order valence-corrected chi connectivity index (χ4v) is 3.71. The number of imidazole rings is 1. The molecule has 168 valence electrons. The van der Waals surface area contributed by atoms with Crippen LogP contribution in [0.4, 0.5) is 0 Å². The van der Waals surface area contributed by atoms with Gasteiger partial charge in [0.15, 0.2) is 11.2 Å². The summed E-state index contributed by atoms with van der Waals surface area (Å²) in [7, 11) is 0. The summed E-state index contributed by atoms with van der Waals surface area (Å²) in [6.07, 6.45) is 7.35. The van der Waals surface area contributed by atoms with Crippen molar-refractivity contribution in [3.63, 3.8) is 0 Å². The van der Waals surface area contributed by atoms with Gasteiger partial charge in [-0.3, -0.25) is 19.1 Å². The molecule has 30 heavy (non-hydrogen) atoms. The second-order valence-corrected chi connectivity index (χ2v) is 7.90. The molecule has 1 amide bonds. The summed E-state index contributed by atoms with van der Waals surface area (Å²) in [5.41, 5.74) is 0.0537. The molecule has 0 aromatic carbocycles. The van der Waals surface area contributed by atoms with Gasteiger partial charge in [0.1, 0.15) is 5.82 Å².